The maximum Gasteiger partial charge on any atom is 0.332 e. The highest BCUT2D eigenvalue weighted by Crippen LogP contribution is 2.13. The van der Waals surface area contributed by atoms with Gasteiger partial charge in [-0.1, -0.05) is 12.1 Å². The molecule has 10 nitrogen and oxygen atoms in total. The number of hydrogen-bond donors (Lipinski definition) is 2. The fourth-order valence-corrected chi connectivity index (χ4v) is 3.20. The maximum absolute atomic E-state index is 12.0. The molecule has 30 heavy (non-hydrogen) atoms. The van der Waals surface area contributed by atoms with Crippen LogP contribution in [0.2, 0.25) is 0 Å². The molecule has 0 spiro atoms. The first kappa shape index (κ1) is 23.3. The number of nitro benzene ring substituents is 1. The van der Waals surface area contributed by atoms with Crippen LogP contribution in [-0.2, 0) is 20.5 Å². The lowest BCUT2D eigenvalue weighted by Gasteiger charge is -2.24. The Morgan fingerprint density at radius 1 is 1.17 bits per heavy atom. The second-order valence-electron chi connectivity index (χ2n) is 7.37. The second kappa shape index (κ2) is 10.7. The number of nitrogens with one attached hydrogen (secondary N) is 1. The first-order valence-corrected chi connectivity index (χ1v) is 9.83. The Morgan fingerprint density at radius 2 is 1.83 bits per heavy atom. The Balaban J connectivity index is 1.89. The molecule has 0 saturated heterocycles. The highest BCUT2D eigenvalue weighted by molar-refractivity contribution is 5.34. The molecule has 1 unspecified atom stereocenters. The van der Waals surface area contributed by atoms with Crippen molar-refractivity contribution in [3.8, 4) is 0 Å². The van der Waals surface area contributed by atoms with Crippen LogP contribution < -0.4 is 16.6 Å². The number of nitrogens with zero attached hydrogens (tertiary/aromatic N) is 4. The average molecular weight is 419 g/mol. The Morgan fingerprint density at radius 3 is 2.43 bits per heavy atom. The number of aryl methyl sites for hydroxylation is 1. The number of aliphatic hydroxyl groups is 1. The second-order valence-corrected chi connectivity index (χ2v) is 7.37. The molecule has 1 aromatic heterocycles. The van der Waals surface area contributed by atoms with Crippen molar-refractivity contribution in [3.05, 3.63) is 66.8 Å². The number of hydrogen-bond acceptors (Lipinski definition) is 7. The monoisotopic (exact) mass is 419 g/mol. The maximum atomic E-state index is 12.0. The van der Waals surface area contributed by atoms with Crippen LogP contribution >= 0.6 is 0 Å². The van der Waals surface area contributed by atoms with Crippen molar-refractivity contribution in [1.82, 2.24) is 14.0 Å². The third kappa shape index (κ3) is 6.53. The van der Waals surface area contributed by atoms with E-state index in [9.17, 15) is 24.8 Å². The lowest BCUT2D eigenvalue weighted by Crippen LogP contribution is -2.39. The van der Waals surface area contributed by atoms with E-state index in [2.05, 4.69) is 10.2 Å². The number of anilines is 1. The predicted molar refractivity (Wildman–Crippen MR) is 115 cm³/mol. The van der Waals surface area contributed by atoms with E-state index in [-0.39, 0.29) is 11.2 Å². The zero-order valence-electron chi connectivity index (χ0n) is 17.6. The number of benzene rings is 1. The minimum Gasteiger partial charge on any atom is -0.392 e. The standard InChI is InChI=1S/C20H29N5O5/c1-15(26)14-24(11-4-5-16-6-8-17(9-7-16)25(29)30)12-10-21-18-13-19(27)23(3)20(28)22(18)2/h6-9,13,15,21,26H,4-5,10-12,14H2,1-3H3. The molecule has 2 N–H and O–H groups in total. The minimum absolute atomic E-state index is 0.0747. The van der Waals surface area contributed by atoms with Gasteiger partial charge in [-0.3, -0.25) is 28.9 Å². The molecular weight excluding hydrogens is 390 g/mol. The van der Waals surface area contributed by atoms with Gasteiger partial charge in [0.25, 0.3) is 11.2 Å². The molecule has 0 radical (unpaired) electrons. The van der Waals surface area contributed by atoms with Gasteiger partial charge in [0.05, 0.1) is 11.0 Å². The Bertz CT molecular complexity index is 965. The third-order valence-electron chi connectivity index (χ3n) is 4.87. The molecule has 10 heteroatoms. The third-order valence-corrected chi connectivity index (χ3v) is 4.87. The van der Waals surface area contributed by atoms with Crippen molar-refractivity contribution >= 4 is 11.5 Å². The zero-order chi connectivity index (χ0) is 22.3. The Labute approximate surface area is 174 Å². The summed E-state index contributed by atoms with van der Waals surface area (Å²) in [6.07, 6.45) is 1.11. The summed E-state index contributed by atoms with van der Waals surface area (Å²) in [7, 11) is 3.03. The molecule has 0 aliphatic heterocycles. The van der Waals surface area contributed by atoms with E-state index < -0.39 is 16.7 Å². The van der Waals surface area contributed by atoms with Crippen LogP contribution in [-0.4, -0.2) is 56.3 Å². The topological polar surface area (TPSA) is 123 Å². The van der Waals surface area contributed by atoms with Gasteiger partial charge in [-0.05, 0) is 31.9 Å². The van der Waals surface area contributed by atoms with Crippen LogP contribution in [0.3, 0.4) is 0 Å². The molecule has 0 saturated carbocycles. The van der Waals surface area contributed by atoms with Crippen molar-refractivity contribution in [1.29, 1.82) is 0 Å². The van der Waals surface area contributed by atoms with Gasteiger partial charge in [-0.15, -0.1) is 0 Å². The van der Waals surface area contributed by atoms with E-state index in [0.29, 0.717) is 25.5 Å². The largest absolute Gasteiger partial charge is 0.392 e. The van der Waals surface area contributed by atoms with Gasteiger partial charge >= 0.3 is 5.69 Å². The van der Waals surface area contributed by atoms with Gasteiger partial charge in [-0.2, -0.15) is 0 Å². The van der Waals surface area contributed by atoms with Crippen LogP contribution in [0.15, 0.2) is 39.9 Å². The van der Waals surface area contributed by atoms with Crippen molar-refractivity contribution < 1.29 is 10.0 Å². The van der Waals surface area contributed by atoms with Crippen LogP contribution in [0.5, 0.6) is 0 Å². The molecule has 0 fully saturated rings. The summed E-state index contributed by atoms with van der Waals surface area (Å²) >= 11 is 0. The van der Waals surface area contributed by atoms with E-state index in [4.69, 9.17) is 0 Å². The van der Waals surface area contributed by atoms with E-state index in [0.717, 1.165) is 29.5 Å². The van der Waals surface area contributed by atoms with Gasteiger partial charge in [0.1, 0.15) is 5.82 Å². The van der Waals surface area contributed by atoms with Crippen molar-refractivity contribution in [3.63, 3.8) is 0 Å². The quantitative estimate of drug-likeness (QED) is 0.406. The van der Waals surface area contributed by atoms with E-state index in [1.165, 1.54) is 29.8 Å². The SMILES string of the molecule is CC(O)CN(CCCc1ccc([N+](=O)[O-])cc1)CCNc1cc(=O)n(C)c(=O)n1C. The fourth-order valence-electron chi connectivity index (χ4n) is 3.20. The molecule has 2 aromatic rings. The Kier molecular flexibility index (Phi) is 8.31. The van der Waals surface area contributed by atoms with Crippen LogP contribution in [0.25, 0.3) is 0 Å². The highest BCUT2D eigenvalue weighted by atomic mass is 16.6. The summed E-state index contributed by atoms with van der Waals surface area (Å²) in [6.45, 7) is 4.08. The van der Waals surface area contributed by atoms with Gasteiger partial charge in [-0.25, -0.2) is 4.79 Å². The molecule has 1 heterocycles. The molecule has 0 aliphatic rings. The number of aliphatic hydroxyl groups excluding tert-OH is 1. The van der Waals surface area contributed by atoms with Crippen molar-refractivity contribution in [2.24, 2.45) is 14.1 Å². The molecule has 0 amide bonds. The number of nitro groups is 1. The summed E-state index contributed by atoms with van der Waals surface area (Å²) in [4.78, 5) is 36.2. The predicted octanol–water partition coefficient (Wildman–Crippen LogP) is 0.720. The van der Waals surface area contributed by atoms with Gasteiger partial charge in [0, 0.05) is 51.9 Å². The lowest BCUT2D eigenvalue weighted by molar-refractivity contribution is -0.384. The van der Waals surface area contributed by atoms with E-state index in [1.807, 2.05) is 0 Å². The molecule has 0 aliphatic carbocycles. The lowest BCUT2D eigenvalue weighted by atomic mass is 10.1. The van der Waals surface area contributed by atoms with E-state index >= 15 is 0 Å². The van der Waals surface area contributed by atoms with Gasteiger partial charge in [0.15, 0.2) is 0 Å². The van der Waals surface area contributed by atoms with Gasteiger partial charge < -0.3 is 10.4 Å². The Hall–Kier alpha value is -2.98. The summed E-state index contributed by atoms with van der Waals surface area (Å²) < 4.78 is 2.43. The number of aromatic nitrogens is 2. The summed E-state index contributed by atoms with van der Waals surface area (Å²) in [6, 6.07) is 7.90. The molecule has 0 bridgehead atoms. The average Bonchev–Trinajstić information content (AvgIpc) is 2.70. The summed E-state index contributed by atoms with van der Waals surface area (Å²) in [5.74, 6) is 0.450. The fraction of sp³-hybridized carbons (Fsp3) is 0.500. The molecule has 2 rings (SSSR count). The normalized spacial score (nSPS) is 12.2. The van der Waals surface area contributed by atoms with E-state index in [1.54, 1.807) is 26.1 Å². The van der Waals surface area contributed by atoms with Crippen LogP contribution in [0, 0.1) is 10.1 Å². The number of rotatable bonds is 11. The smallest absolute Gasteiger partial charge is 0.332 e. The summed E-state index contributed by atoms with van der Waals surface area (Å²) in [5, 5.41) is 23.6. The molecule has 1 atom stereocenters. The van der Waals surface area contributed by atoms with Crippen molar-refractivity contribution in [2.75, 3.05) is 31.5 Å². The summed E-state index contributed by atoms with van der Waals surface area (Å²) in [5.41, 5.74) is 0.329. The highest BCUT2D eigenvalue weighted by Gasteiger charge is 2.10. The first-order valence-electron chi connectivity index (χ1n) is 9.83. The molecular formula is C20H29N5O5. The van der Waals surface area contributed by atoms with Crippen LogP contribution in [0.1, 0.15) is 18.9 Å². The minimum atomic E-state index is -0.488. The van der Waals surface area contributed by atoms with Gasteiger partial charge in [0.2, 0.25) is 0 Å². The van der Waals surface area contributed by atoms with Crippen molar-refractivity contribution in [2.45, 2.75) is 25.9 Å². The first-order chi connectivity index (χ1) is 14.2. The van der Waals surface area contributed by atoms with Crippen LogP contribution in [0.4, 0.5) is 11.5 Å². The molecule has 1 aromatic carbocycles. The zero-order valence-corrected chi connectivity index (χ0v) is 17.6. The number of non-ortho nitro benzene ring substituents is 1. The molecule has 164 valence electrons.